The van der Waals surface area contributed by atoms with Crippen molar-refractivity contribution >= 4 is 11.9 Å². The van der Waals surface area contributed by atoms with Crippen LogP contribution in [0, 0.1) is 11.8 Å². The molecule has 0 saturated carbocycles. The van der Waals surface area contributed by atoms with Gasteiger partial charge in [0.25, 0.3) is 0 Å². The molecule has 1 N–H and O–H groups in total. The Labute approximate surface area is 142 Å². The molecule has 134 valence electrons. The lowest BCUT2D eigenvalue weighted by Gasteiger charge is -2.32. The summed E-state index contributed by atoms with van der Waals surface area (Å²) < 4.78 is 11.3. The van der Waals surface area contributed by atoms with Crippen molar-refractivity contribution < 1.29 is 24.2 Å². The van der Waals surface area contributed by atoms with Crippen LogP contribution in [0.2, 0.25) is 0 Å². The van der Waals surface area contributed by atoms with Gasteiger partial charge >= 0.3 is 11.9 Å². The summed E-state index contributed by atoms with van der Waals surface area (Å²) in [7, 11) is 0. The minimum atomic E-state index is -1.62. The molecule has 0 aromatic heterocycles. The molecule has 0 bridgehead atoms. The summed E-state index contributed by atoms with van der Waals surface area (Å²) in [5.74, 6) is -1.23. The third-order valence-electron chi connectivity index (χ3n) is 5.97. The summed E-state index contributed by atoms with van der Waals surface area (Å²) in [5, 5.41) is 10.6. The monoisotopic (exact) mass is 337 g/mol. The van der Waals surface area contributed by atoms with Crippen molar-refractivity contribution in [2.24, 2.45) is 11.8 Å². The van der Waals surface area contributed by atoms with E-state index in [0.717, 1.165) is 25.9 Å². The van der Waals surface area contributed by atoms with E-state index in [2.05, 4.69) is 4.90 Å². The lowest BCUT2D eigenvalue weighted by Crippen LogP contribution is -2.46. The first kappa shape index (κ1) is 17.4. The molecule has 3 heterocycles. The second-order valence-corrected chi connectivity index (χ2v) is 7.47. The van der Waals surface area contributed by atoms with Crippen LogP contribution < -0.4 is 0 Å². The maximum absolute atomic E-state index is 12.6. The first-order chi connectivity index (χ1) is 11.3. The van der Waals surface area contributed by atoms with Crippen LogP contribution in [0.1, 0.15) is 40.0 Å². The van der Waals surface area contributed by atoms with Crippen molar-refractivity contribution in [3.05, 3.63) is 11.6 Å². The average molecular weight is 337 g/mol. The van der Waals surface area contributed by atoms with Crippen LogP contribution in [0.5, 0.6) is 0 Å². The Hall–Kier alpha value is -1.40. The Balaban J connectivity index is 1.89. The minimum absolute atomic E-state index is 0.113. The molecule has 3 aliphatic rings. The average Bonchev–Trinajstić information content (AvgIpc) is 3.12. The van der Waals surface area contributed by atoms with E-state index in [1.54, 1.807) is 19.9 Å². The molecule has 3 aliphatic heterocycles. The maximum atomic E-state index is 12.6. The number of nitrogens with zero attached hydrogens (tertiary/aromatic N) is 1. The van der Waals surface area contributed by atoms with E-state index in [9.17, 15) is 14.7 Å². The Morgan fingerprint density at radius 2 is 2.00 bits per heavy atom. The number of allylic oxidation sites excluding steroid dienone is 1. The van der Waals surface area contributed by atoms with Crippen molar-refractivity contribution in [3.63, 3.8) is 0 Å². The molecule has 24 heavy (non-hydrogen) atoms. The first-order valence-corrected chi connectivity index (χ1v) is 8.84. The number of esters is 2. The number of cyclic esters (lactones) is 1. The Morgan fingerprint density at radius 1 is 1.29 bits per heavy atom. The van der Waals surface area contributed by atoms with Crippen molar-refractivity contribution in [3.8, 4) is 0 Å². The normalized spacial score (nSPS) is 42.9. The Bertz CT molecular complexity index is 556. The van der Waals surface area contributed by atoms with E-state index in [1.807, 2.05) is 0 Å². The van der Waals surface area contributed by atoms with Crippen molar-refractivity contribution in [1.29, 1.82) is 0 Å². The van der Waals surface area contributed by atoms with E-state index < -0.39 is 17.5 Å². The Morgan fingerprint density at radius 3 is 2.71 bits per heavy atom. The molecular formula is C18H27NO5. The van der Waals surface area contributed by atoms with Gasteiger partial charge in [-0.1, -0.05) is 13.0 Å². The molecule has 6 heteroatoms. The molecule has 3 saturated heterocycles. The molecule has 0 amide bonds. The molecule has 0 radical (unpaired) electrons. The summed E-state index contributed by atoms with van der Waals surface area (Å²) >= 11 is 0. The molecule has 0 aromatic rings. The van der Waals surface area contributed by atoms with Gasteiger partial charge in [-0.2, -0.15) is 0 Å². The van der Waals surface area contributed by atoms with Crippen molar-refractivity contribution in [2.45, 2.75) is 57.8 Å². The van der Waals surface area contributed by atoms with Crippen LogP contribution in [-0.4, -0.2) is 59.4 Å². The van der Waals surface area contributed by atoms with E-state index >= 15 is 0 Å². The zero-order valence-corrected chi connectivity index (χ0v) is 14.7. The highest BCUT2D eigenvalue weighted by molar-refractivity contribution is 5.89. The molecule has 0 aromatic carbocycles. The predicted octanol–water partition coefficient (Wildman–Crippen LogP) is 1.27. The minimum Gasteiger partial charge on any atom is -0.463 e. The zero-order valence-electron chi connectivity index (χ0n) is 14.7. The summed E-state index contributed by atoms with van der Waals surface area (Å²) in [6, 6.07) is 0.113. The van der Waals surface area contributed by atoms with Gasteiger partial charge in [-0.3, -0.25) is 4.90 Å². The lowest BCUT2D eigenvalue weighted by atomic mass is 9.85. The van der Waals surface area contributed by atoms with Gasteiger partial charge in [0.15, 0.2) is 5.60 Å². The van der Waals surface area contributed by atoms with Gasteiger partial charge in [0.05, 0.1) is 12.6 Å². The number of hydrogen-bond donors (Lipinski definition) is 1. The fourth-order valence-electron chi connectivity index (χ4n) is 4.11. The SMILES string of the molecule is C/C=C1/CC(C)C(C)(O)C(=O)OC[C@H]2CCN3CCC(OC1=O)C23. The number of hydrogen-bond acceptors (Lipinski definition) is 6. The molecule has 0 aliphatic carbocycles. The van der Waals surface area contributed by atoms with E-state index in [1.165, 1.54) is 6.92 Å². The molecular weight excluding hydrogens is 310 g/mol. The quantitative estimate of drug-likeness (QED) is 0.530. The van der Waals surface area contributed by atoms with Crippen LogP contribution in [0.15, 0.2) is 11.6 Å². The summed E-state index contributed by atoms with van der Waals surface area (Å²) in [6.45, 7) is 7.11. The first-order valence-electron chi connectivity index (χ1n) is 8.84. The largest absolute Gasteiger partial charge is 0.463 e. The predicted molar refractivity (Wildman–Crippen MR) is 87.1 cm³/mol. The molecule has 0 spiro atoms. The second-order valence-electron chi connectivity index (χ2n) is 7.47. The van der Waals surface area contributed by atoms with Crippen LogP contribution in [0.25, 0.3) is 0 Å². The molecule has 3 fully saturated rings. The number of carbonyl (C=O) groups excluding carboxylic acids is 2. The summed E-state index contributed by atoms with van der Waals surface area (Å²) in [6.07, 6.45) is 3.59. The maximum Gasteiger partial charge on any atom is 0.338 e. The van der Waals surface area contributed by atoms with Crippen LogP contribution >= 0.6 is 0 Å². The van der Waals surface area contributed by atoms with Crippen molar-refractivity contribution in [2.75, 3.05) is 19.7 Å². The van der Waals surface area contributed by atoms with Gasteiger partial charge in [0, 0.05) is 18.0 Å². The van der Waals surface area contributed by atoms with Gasteiger partial charge in [0.2, 0.25) is 0 Å². The van der Waals surface area contributed by atoms with Gasteiger partial charge in [-0.15, -0.1) is 0 Å². The third kappa shape index (κ3) is 2.97. The van der Waals surface area contributed by atoms with E-state index in [0.29, 0.717) is 5.57 Å². The number of ether oxygens (including phenoxy) is 2. The van der Waals surface area contributed by atoms with Gasteiger partial charge < -0.3 is 14.6 Å². The molecule has 3 rings (SSSR count). The summed E-state index contributed by atoms with van der Waals surface area (Å²) in [5.41, 5.74) is -1.12. The number of rotatable bonds is 0. The van der Waals surface area contributed by atoms with Gasteiger partial charge in [0.1, 0.15) is 6.10 Å². The van der Waals surface area contributed by atoms with Crippen LogP contribution in [0.3, 0.4) is 0 Å². The van der Waals surface area contributed by atoms with Gasteiger partial charge in [-0.25, -0.2) is 9.59 Å². The van der Waals surface area contributed by atoms with Crippen molar-refractivity contribution in [1.82, 2.24) is 4.90 Å². The number of aliphatic hydroxyl groups is 1. The fourth-order valence-corrected chi connectivity index (χ4v) is 4.11. The van der Waals surface area contributed by atoms with E-state index in [4.69, 9.17) is 9.47 Å². The zero-order chi connectivity index (χ0) is 17.5. The smallest absolute Gasteiger partial charge is 0.338 e. The van der Waals surface area contributed by atoms with Gasteiger partial charge in [-0.05, 0) is 45.6 Å². The molecule has 5 atom stereocenters. The molecule has 4 unspecified atom stereocenters. The topological polar surface area (TPSA) is 76.1 Å². The standard InChI is InChI=1S/C18H27NO5/c1-4-12-9-11(2)18(3,22)17(21)23-10-13-5-7-19-8-6-14(15(13)19)24-16(12)20/h4,11,13-15,22H,5-10H2,1-3H3/b12-4-/t11?,13-,14?,15?,18?/m1/s1. The third-order valence-corrected chi connectivity index (χ3v) is 5.97. The summed E-state index contributed by atoms with van der Waals surface area (Å²) in [4.78, 5) is 27.3. The number of carbonyl (C=O) groups is 2. The van der Waals surface area contributed by atoms with Crippen LogP contribution in [0.4, 0.5) is 0 Å². The lowest BCUT2D eigenvalue weighted by molar-refractivity contribution is -0.172. The van der Waals surface area contributed by atoms with E-state index in [-0.39, 0.29) is 37.1 Å². The molecule has 6 nitrogen and oxygen atoms in total. The Kier molecular flexibility index (Phi) is 4.71. The second kappa shape index (κ2) is 6.48. The highest BCUT2D eigenvalue weighted by Gasteiger charge is 2.48. The highest BCUT2D eigenvalue weighted by Crippen LogP contribution is 2.36. The fraction of sp³-hybridized carbons (Fsp3) is 0.778. The highest BCUT2D eigenvalue weighted by atomic mass is 16.6. The van der Waals surface area contributed by atoms with Crippen LogP contribution in [-0.2, 0) is 19.1 Å².